The first-order valence-electron chi connectivity index (χ1n) is 7.57. The number of sulfonamides is 1. The second-order valence-electron chi connectivity index (χ2n) is 5.51. The van der Waals surface area contributed by atoms with Crippen LogP contribution in [0.15, 0.2) is 23.1 Å². The number of anilines is 1. The number of aromatic carboxylic acids is 1. The zero-order valence-electron chi connectivity index (χ0n) is 13.3. The first kappa shape index (κ1) is 17.7. The van der Waals surface area contributed by atoms with Crippen LogP contribution >= 0.6 is 0 Å². The summed E-state index contributed by atoms with van der Waals surface area (Å²) in [7, 11) is -3.73. The second kappa shape index (κ2) is 7.29. The SMILES string of the molecule is CC[C@@H](C)NS(=O)(=O)c1ccc(N2CCOCC2)c(C(=O)O)c1. The van der Waals surface area contributed by atoms with Gasteiger partial charge in [0.15, 0.2) is 0 Å². The number of carboxylic acid groups (broad SMARTS) is 1. The molecule has 1 saturated heterocycles. The number of hydrogen-bond donors (Lipinski definition) is 2. The van der Waals surface area contributed by atoms with Gasteiger partial charge in [0, 0.05) is 19.1 Å². The van der Waals surface area contributed by atoms with Crippen molar-refractivity contribution in [1.82, 2.24) is 4.72 Å². The lowest BCUT2D eigenvalue weighted by Gasteiger charge is -2.30. The Hall–Kier alpha value is -1.64. The van der Waals surface area contributed by atoms with Gasteiger partial charge in [0.2, 0.25) is 10.0 Å². The maximum Gasteiger partial charge on any atom is 0.337 e. The Morgan fingerprint density at radius 3 is 2.61 bits per heavy atom. The Morgan fingerprint density at radius 2 is 2.04 bits per heavy atom. The molecule has 1 aromatic carbocycles. The molecule has 0 aromatic heterocycles. The van der Waals surface area contributed by atoms with Crippen molar-refractivity contribution >= 4 is 21.7 Å². The number of benzene rings is 1. The Morgan fingerprint density at radius 1 is 1.39 bits per heavy atom. The normalized spacial score (nSPS) is 17.0. The minimum Gasteiger partial charge on any atom is -0.478 e. The van der Waals surface area contributed by atoms with Gasteiger partial charge >= 0.3 is 5.97 Å². The van der Waals surface area contributed by atoms with Crippen molar-refractivity contribution in [2.24, 2.45) is 0 Å². The number of nitrogens with zero attached hydrogens (tertiary/aromatic N) is 1. The number of carbonyl (C=O) groups is 1. The summed E-state index contributed by atoms with van der Waals surface area (Å²) in [5, 5.41) is 9.44. The third kappa shape index (κ3) is 4.21. The average molecular weight is 342 g/mol. The largest absolute Gasteiger partial charge is 0.478 e. The molecule has 1 aliphatic heterocycles. The fourth-order valence-electron chi connectivity index (χ4n) is 2.35. The second-order valence-corrected chi connectivity index (χ2v) is 7.23. The van der Waals surface area contributed by atoms with Crippen LogP contribution in [-0.2, 0) is 14.8 Å². The maximum atomic E-state index is 12.3. The third-order valence-corrected chi connectivity index (χ3v) is 5.42. The number of ether oxygens (including phenoxy) is 1. The van der Waals surface area contributed by atoms with E-state index in [1.807, 2.05) is 11.8 Å². The summed E-state index contributed by atoms with van der Waals surface area (Å²) < 4.78 is 32.4. The first-order valence-corrected chi connectivity index (χ1v) is 9.06. The van der Waals surface area contributed by atoms with Gasteiger partial charge in [-0.2, -0.15) is 0 Å². The van der Waals surface area contributed by atoms with E-state index < -0.39 is 16.0 Å². The van der Waals surface area contributed by atoms with E-state index in [1.165, 1.54) is 12.1 Å². The van der Waals surface area contributed by atoms with Gasteiger partial charge in [0.05, 0.1) is 29.4 Å². The van der Waals surface area contributed by atoms with E-state index in [2.05, 4.69) is 4.72 Å². The van der Waals surface area contributed by atoms with Crippen molar-refractivity contribution in [2.45, 2.75) is 31.2 Å². The van der Waals surface area contributed by atoms with E-state index in [4.69, 9.17) is 4.74 Å². The Balaban J connectivity index is 2.37. The monoisotopic (exact) mass is 342 g/mol. The summed E-state index contributed by atoms with van der Waals surface area (Å²) in [6.45, 7) is 5.84. The highest BCUT2D eigenvalue weighted by Gasteiger charge is 2.23. The molecule has 1 aromatic rings. The molecule has 0 unspecified atom stereocenters. The minimum atomic E-state index is -3.73. The lowest BCUT2D eigenvalue weighted by Crippen LogP contribution is -2.37. The van der Waals surface area contributed by atoms with Crippen LogP contribution in [0.4, 0.5) is 5.69 Å². The highest BCUT2D eigenvalue weighted by Crippen LogP contribution is 2.25. The first-order chi connectivity index (χ1) is 10.8. The lowest BCUT2D eigenvalue weighted by molar-refractivity contribution is 0.0696. The molecule has 0 saturated carbocycles. The Bertz CT molecular complexity index is 668. The summed E-state index contributed by atoms with van der Waals surface area (Å²) in [5.41, 5.74) is 0.502. The van der Waals surface area contributed by atoms with Crippen LogP contribution in [-0.4, -0.2) is 51.8 Å². The van der Waals surface area contributed by atoms with Crippen molar-refractivity contribution < 1.29 is 23.1 Å². The standard InChI is InChI=1S/C15H22N2O5S/c1-3-11(2)16-23(20,21)12-4-5-14(13(10-12)15(18)19)17-6-8-22-9-7-17/h4-5,10-11,16H,3,6-9H2,1-2H3,(H,18,19)/t11-/m1/s1. The van der Waals surface area contributed by atoms with E-state index in [-0.39, 0.29) is 16.5 Å². The van der Waals surface area contributed by atoms with Crippen molar-refractivity contribution in [3.63, 3.8) is 0 Å². The number of rotatable bonds is 6. The summed E-state index contributed by atoms with van der Waals surface area (Å²) >= 11 is 0. The van der Waals surface area contributed by atoms with Crippen LogP contribution in [0.25, 0.3) is 0 Å². The van der Waals surface area contributed by atoms with Gasteiger partial charge in [-0.3, -0.25) is 0 Å². The molecule has 2 N–H and O–H groups in total. The number of morpholine rings is 1. The molecule has 1 atom stereocenters. The fraction of sp³-hybridized carbons (Fsp3) is 0.533. The van der Waals surface area contributed by atoms with Crippen molar-refractivity contribution in [2.75, 3.05) is 31.2 Å². The predicted octanol–water partition coefficient (Wildman–Crippen LogP) is 1.30. The van der Waals surface area contributed by atoms with Crippen molar-refractivity contribution in [1.29, 1.82) is 0 Å². The summed E-state index contributed by atoms with van der Waals surface area (Å²) in [6, 6.07) is 4.01. The minimum absolute atomic E-state index is 0.0149. The van der Waals surface area contributed by atoms with Gasteiger partial charge < -0.3 is 14.7 Å². The molecular formula is C15H22N2O5S. The van der Waals surface area contributed by atoms with E-state index in [0.717, 1.165) is 0 Å². The molecule has 1 fully saturated rings. The van der Waals surface area contributed by atoms with Crippen LogP contribution in [0, 0.1) is 0 Å². The van der Waals surface area contributed by atoms with Gasteiger partial charge in [0.25, 0.3) is 0 Å². The third-order valence-electron chi connectivity index (χ3n) is 3.83. The number of hydrogen-bond acceptors (Lipinski definition) is 5. The van der Waals surface area contributed by atoms with Gasteiger partial charge in [-0.05, 0) is 31.5 Å². The molecule has 7 nitrogen and oxygen atoms in total. The number of carboxylic acids is 1. The van der Waals surface area contributed by atoms with Crippen LogP contribution in [0.1, 0.15) is 30.6 Å². The molecule has 0 aliphatic carbocycles. The van der Waals surface area contributed by atoms with Gasteiger partial charge in [0.1, 0.15) is 0 Å². The number of nitrogens with one attached hydrogen (secondary N) is 1. The van der Waals surface area contributed by atoms with Gasteiger partial charge in [-0.25, -0.2) is 17.9 Å². The molecule has 2 rings (SSSR count). The van der Waals surface area contributed by atoms with Crippen LogP contribution < -0.4 is 9.62 Å². The quantitative estimate of drug-likeness (QED) is 0.809. The predicted molar refractivity (Wildman–Crippen MR) is 86.5 cm³/mol. The lowest BCUT2D eigenvalue weighted by atomic mass is 10.1. The molecule has 23 heavy (non-hydrogen) atoms. The van der Waals surface area contributed by atoms with Crippen LogP contribution in [0.5, 0.6) is 0 Å². The highest BCUT2D eigenvalue weighted by atomic mass is 32.2. The smallest absolute Gasteiger partial charge is 0.337 e. The Labute approximate surface area is 136 Å². The van der Waals surface area contributed by atoms with Crippen molar-refractivity contribution in [3.8, 4) is 0 Å². The molecule has 1 heterocycles. The topological polar surface area (TPSA) is 95.9 Å². The van der Waals surface area contributed by atoms with Gasteiger partial charge in [-0.1, -0.05) is 6.92 Å². The van der Waals surface area contributed by atoms with Crippen LogP contribution in [0.2, 0.25) is 0 Å². The molecule has 0 bridgehead atoms. The maximum absolute atomic E-state index is 12.3. The van der Waals surface area contributed by atoms with Crippen molar-refractivity contribution in [3.05, 3.63) is 23.8 Å². The van der Waals surface area contributed by atoms with E-state index in [0.29, 0.717) is 38.4 Å². The fourth-order valence-corrected chi connectivity index (χ4v) is 3.70. The van der Waals surface area contributed by atoms with Crippen LogP contribution in [0.3, 0.4) is 0 Å². The molecule has 0 spiro atoms. The Kier molecular flexibility index (Phi) is 5.61. The molecule has 0 amide bonds. The molecular weight excluding hydrogens is 320 g/mol. The highest BCUT2D eigenvalue weighted by molar-refractivity contribution is 7.89. The summed E-state index contributed by atoms with van der Waals surface area (Å²) in [5.74, 6) is -1.15. The van der Waals surface area contributed by atoms with E-state index in [9.17, 15) is 18.3 Å². The van der Waals surface area contributed by atoms with E-state index in [1.54, 1.807) is 13.0 Å². The van der Waals surface area contributed by atoms with Gasteiger partial charge in [-0.15, -0.1) is 0 Å². The zero-order chi connectivity index (χ0) is 17.0. The van der Waals surface area contributed by atoms with E-state index >= 15 is 0 Å². The summed E-state index contributed by atoms with van der Waals surface area (Å²) in [6.07, 6.45) is 0.650. The molecule has 0 radical (unpaired) electrons. The zero-order valence-corrected chi connectivity index (χ0v) is 14.1. The average Bonchev–Trinajstić information content (AvgIpc) is 2.54. The molecule has 8 heteroatoms. The summed E-state index contributed by atoms with van der Waals surface area (Å²) in [4.78, 5) is 13.4. The molecule has 128 valence electrons. The molecule has 1 aliphatic rings.